The lowest BCUT2D eigenvalue weighted by atomic mass is 10.0. The van der Waals surface area contributed by atoms with Gasteiger partial charge in [0.15, 0.2) is 6.04 Å². The molecule has 2 aromatic heterocycles. The molecule has 4 rings (SSSR count). The number of fused-ring (bicyclic) bond motifs is 2. The Balaban J connectivity index is 1.48. The number of carboxylic acids is 1. The first-order valence-electron chi connectivity index (χ1n) is 13.4. The fraction of sp³-hybridized carbons (Fsp3) is 0.310. The zero-order chi connectivity index (χ0) is 30.4. The van der Waals surface area contributed by atoms with Gasteiger partial charge in [0.25, 0.3) is 0 Å². The Labute approximate surface area is 246 Å². The van der Waals surface area contributed by atoms with E-state index in [-0.39, 0.29) is 18.6 Å². The minimum atomic E-state index is -1.59. The van der Waals surface area contributed by atoms with Crippen molar-refractivity contribution in [1.29, 1.82) is 0 Å². The van der Waals surface area contributed by atoms with Crippen molar-refractivity contribution in [2.24, 2.45) is 5.73 Å². The van der Waals surface area contributed by atoms with Gasteiger partial charge < -0.3 is 41.9 Å². The number of carboxylic acid groups (broad SMARTS) is 1. The Bertz CT molecular complexity index is 1580. The van der Waals surface area contributed by atoms with Gasteiger partial charge in [-0.05, 0) is 36.6 Å². The Hall–Kier alpha value is -4.33. The Morgan fingerprint density at radius 1 is 0.810 bits per heavy atom. The van der Waals surface area contributed by atoms with Crippen molar-refractivity contribution in [2.45, 2.75) is 50.0 Å². The van der Waals surface area contributed by atoms with E-state index in [1.165, 1.54) is 6.92 Å². The second-order valence-corrected chi connectivity index (χ2v) is 10.5. The Morgan fingerprint density at radius 3 is 1.83 bits per heavy atom. The van der Waals surface area contributed by atoms with E-state index in [0.717, 1.165) is 27.4 Å². The van der Waals surface area contributed by atoms with Gasteiger partial charge in [0.1, 0.15) is 12.1 Å². The number of benzene rings is 2. The lowest BCUT2D eigenvalue weighted by molar-refractivity contribution is -0.145. The second-order valence-electron chi connectivity index (χ2n) is 10.1. The van der Waals surface area contributed by atoms with E-state index in [1.54, 1.807) is 12.4 Å². The third kappa shape index (κ3) is 7.11. The molecular formula is C29H34N6O6S. The summed E-state index contributed by atoms with van der Waals surface area (Å²) in [4.78, 5) is 57.4. The van der Waals surface area contributed by atoms with Gasteiger partial charge in [-0.3, -0.25) is 14.4 Å². The predicted molar refractivity (Wildman–Crippen MR) is 161 cm³/mol. The van der Waals surface area contributed by atoms with E-state index in [9.17, 15) is 29.4 Å². The van der Waals surface area contributed by atoms with E-state index in [0.29, 0.717) is 5.56 Å². The number of aliphatic carboxylic acids is 1. The summed E-state index contributed by atoms with van der Waals surface area (Å²) in [6, 6.07) is 10.0. The molecule has 0 aliphatic heterocycles. The van der Waals surface area contributed by atoms with Crippen molar-refractivity contribution in [3.05, 3.63) is 72.1 Å². The monoisotopic (exact) mass is 594 g/mol. The number of amides is 3. The highest BCUT2D eigenvalue weighted by molar-refractivity contribution is 7.80. The van der Waals surface area contributed by atoms with Gasteiger partial charge in [-0.25, -0.2) is 4.79 Å². The van der Waals surface area contributed by atoms with Crippen LogP contribution in [0.4, 0.5) is 0 Å². The van der Waals surface area contributed by atoms with Crippen molar-refractivity contribution < 1.29 is 29.4 Å². The summed E-state index contributed by atoms with van der Waals surface area (Å²) >= 11 is 4.22. The van der Waals surface area contributed by atoms with Gasteiger partial charge in [-0.2, -0.15) is 12.6 Å². The average Bonchev–Trinajstić information content (AvgIpc) is 3.57. The highest BCUT2D eigenvalue weighted by Gasteiger charge is 2.32. The molecule has 5 atom stereocenters. The number of nitrogens with two attached hydrogens (primary N) is 1. The summed E-state index contributed by atoms with van der Waals surface area (Å²) in [6.45, 7) is 1.23. The van der Waals surface area contributed by atoms with Crippen LogP contribution in [0.1, 0.15) is 18.1 Å². The molecule has 2 heterocycles. The van der Waals surface area contributed by atoms with Crippen LogP contribution in [-0.4, -0.2) is 79.9 Å². The number of nitrogens with one attached hydrogen (secondary N) is 5. The van der Waals surface area contributed by atoms with Gasteiger partial charge in [0, 0.05) is 46.4 Å². The summed E-state index contributed by atoms with van der Waals surface area (Å²) in [5, 5.41) is 28.6. The van der Waals surface area contributed by atoms with Gasteiger partial charge in [-0.15, -0.1) is 0 Å². The number of H-pyrrole nitrogens is 2. The number of para-hydroxylation sites is 2. The summed E-state index contributed by atoms with van der Waals surface area (Å²) in [5.74, 6) is -3.62. The standard InChI is InChI=1S/C29H34N6O6S/c1-15(36)25(29(40)41)35-27(38)23(11-17-13-32-22-9-5-3-7-19(17)22)33-28(39)24(14-42)34-26(37)20(30)10-16-12-31-21-8-4-2-6-18(16)21/h2-9,12-13,15,20,23-25,31-32,36,42H,10-11,14,30H2,1H3,(H,33,39)(H,34,37)(H,35,38)(H,40,41). The van der Waals surface area contributed by atoms with Crippen LogP contribution in [0.3, 0.4) is 0 Å². The highest BCUT2D eigenvalue weighted by atomic mass is 32.1. The molecule has 0 bridgehead atoms. The zero-order valence-electron chi connectivity index (χ0n) is 22.8. The van der Waals surface area contributed by atoms with E-state index < -0.39 is 54.0 Å². The van der Waals surface area contributed by atoms with Crippen LogP contribution < -0.4 is 21.7 Å². The lowest BCUT2D eigenvalue weighted by Crippen LogP contribution is -2.59. The molecule has 0 spiro atoms. The number of rotatable bonds is 13. The summed E-state index contributed by atoms with van der Waals surface area (Å²) in [7, 11) is 0. The van der Waals surface area contributed by atoms with Crippen LogP contribution >= 0.6 is 12.6 Å². The summed E-state index contributed by atoms with van der Waals surface area (Å²) in [6.07, 6.45) is 2.31. The summed E-state index contributed by atoms with van der Waals surface area (Å²) < 4.78 is 0. The van der Waals surface area contributed by atoms with Crippen molar-refractivity contribution in [2.75, 3.05) is 5.75 Å². The summed E-state index contributed by atoms with van der Waals surface area (Å²) in [5.41, 5.74) is 9.45. The largest absolute Gasteiger partial charge is 0.480 e. The van der Waals surface area contributed by atoms with Crippen LogP contribution in [0.2, 0.25) is 0 Å². The predicted octanol–water partition coefficient (Wildman–Crippen LogP) is 0.611. The van der Waals surface area contributed by atoms with Gasteiger partial charge in [0.05, 0.1) is 12.1 Å². The number of carbonyl (C=O) groups excluding carboxylic acids is 3. The van der Waals surface area contributed by atoms with Crippen LogP contribution in [-0.2, 0) is 32.0 Å². The fourth-order valence-corrected chi connectivity index (χ4v) is 5.00. The number of aromatic amines is 2. The maximum absolute atomic E-state index is 13.3. The molecule has 0 aliphatic carbocycles. The van der Waals surface area contributed by atoms with E-state index in [1.807, 2.05) is 48.5 Å². The number of aliphatic hydroxyl groups excluding tert-OH is 1. The quantitative estimate of drug-likeness (QED) is 0.101. The molecule has 9 N–H and O–H groups in total. The molecule has 3 amide bonds. The SMILES string of the molecule is CC(O)C(NC(=O)C(Cc1c[nH]c2ccccc12)NC(=O)C(CS)NC(=O)C(N)Cc1c[nH]c2ccccc12)C(=O)O. The van der Waals surface area contributed by atoms with Gasteiger partial charge in [-0.1, -0.05) is 36.4 Å². The van der Waals surface area contributed by atoms with Crippen molar-refractivity contribution in [3.8, 4) is 0 Å². The minimum absolute atomic E-state index is 0.00104. The van der Waals surface area contributed by atoms with Crippen LogP contribution in [0.15, 0.2) is 60.9 Å². The number of thiol groups is 1. The van der Waals surface area contributed by atoms with Crippen molar-refractivity contribution >= 4 is 58.1 Å². The number of carbonyl (C=O) groups is 4. The molecule has 0 aliphatic rings. The number of hydrogen-bond acceptors (Lipinski definition) is 7. The lowest BCUT2D eigenvalue weighted by Gasteiger charge is -2.25. The number of aliphatic hydroxyl groups is 1. The molecule has 0 saturated heterocycles. The first-order chi connectivity index (χ1) is 20.1. The third-order valence-corrected chi connectivity index (χ3v) is 7.41. The maximum atomic E-state index is 13.3. The van der Waals surface area contributed by atoms with Crippen LogP contribution in [0.25, 0.3) is 21.8 Å². The molecule has 222 valence electrons. The minimum Gasteiger partial charge on any atom is -0.480 e. The van der Waals surface area contributed by atoms with Crippen molar-refractivity contribution in [3.63, 3.8) is 0 Å². The molecule has 0 radical (unpaired) electrons. The zero-order valence-corrected chi connectivity index (χ0v) is 23.7. The van der Waals surface area contributed by atoms with E-state index >= 15 is 0 Å². The molecule has 12 nitrogen and oxygen atoms in total. The van der Waals surface area contributed by atoms with Crippen LogP contribution in [0, 0.1) is 0 Å². The highest BCUT2D eigenvalue weighted by Crippen LogP contribution is 2.20. The van der Waals surface area contributed by atoms with Crippen molar-refractivity contribution in [1.82, 2.24) is 25.9 Å². The molecule has 2 aromatic carbocycles. The number of aromatic nitrogens is 2. The fourth-order valence-electron chi connectivity index (χ4n) is 4.75. The number of hydrogen-bond donors (Lipinski definition) is 9. The first-order valence-corrected chi connectivity index (χ1v) is 14.0. The smallest absolute Gasteiger partial charge is 0.328 e. The maximum Gasteiger partial charge on any atom is 0.328 e. The topological polar surface area (TPSA) is 202 Å². The average molecular weight is 595 g/mol. The van der Waals surface area contributed by atoms with Crippen LogP contribution in [0.5, 0.6) is 0 Å². The molecule has 4 aromatic rings. The molecule has 5 unspecified atom stereocenters. The Morgan fingerprint density at radius 2 is 1.31 bits per heavy atom. The Kier molecular flexibility index (Phi) is 9.88. The second kappa shape index (κ2) is 13.6. The van der Waals surface area contributed by atoms with E-state index in [2.05, 4.69) is 38.5 Å². The van der Waals surface area contributed by atoms with Gasteiger partial charge >= 0.3 is 5.97 Å². The molecule has 42 heavy (non-hydrogen) atoms. The molecule has 0 saturated carbocycles. The van der Waals surface area contributed by atoms with Gasteiger partial charge in [0.2, 0.25) is 17.7 Å². The van der Waals surface area contributed by atoms with E-state index in [4.69, 9.17) is 5.73 Å². The normalized spacial score (nSPS) is 15.0. The molecular weight excluding hydrogens is 560 g/mol. The first kappa shape index (κ1) is 30.6. The molecule has 0 fully saturated rings. The molecule has 13 heteroatoms. The third-order valence-electron chi connectivity index (χ3n) is 7.05.